The van der Waals surface area contributed by atoms with E-state index >= 15 is 0 Å². The average Bonchev–Trinajstić information content (AvgIpc) is 2.64. The first kappa shape index (κ1) is 17.4. The lowest BCUT2D eigenvalue weighted by Crippen LogP contribution is -2.43. The van der Waals surface area contributed by atoms with E-state index in [2.05, 4.69) is 45.9 Å². The summed E-state index contributed by atoms with van der Waals surface area (Å²) in [4.78, 5) is 14.9. The minimum absolute atomic E-state index is 0.159. The molecule has 3 rings (SSSR count). The lowest BCUT2D eigenvalue weighted by molar-refractivity contribution is -0.126. The summed E-state index contributed by atoms with van der Waals surface area (Å²) in [5.74, 6) is 1.16. The highest BCUT2D eigenvalue weighted by atomic mass is 16.1. The van der Waals surface area contributed by atoms with Crippen LogP contribution in [0.5, 0.6) is 0 Å². The van der Waals surface area contributed by atoms with Crippen molar-refractivity contribution >= 4 is 5.91 Å². The maximum absolute atomic E-state index is 12.5. The summed E-state index contributed by atoms with van der Waals surface area (Å²) in [7, 11) is 0. The van der Waals surface area contributed by atoms with E-state index in [1.54, 1.807) is 0 Å². The van der Waals surface area contributed by atoms with Gasteiger partial charge in [0.2, 0.25) is 5.91 Å². The quantitative estimate of drug-likeness (QED) is 0.842. The Balaban J connectivity index is 1.39. The van der Waals surface area contributed by atoms with E-state index in [0.29, 0.717) is 0 Å². The first-order chi connectivity index (χ1) is 11.8. The Morgan fingerprint density at radius 1 is 1.21 bits per heavy atom. The van der Waals surface area contributed by atoms with Crippen LogP contribution in [0.4, 0.5) is 0 Å². The van der Waals surface area contributed by atoms with Gasteiger partial charge < -0.3 is 10.6 Å². The Morgan fingerprint density at radius 2 is 2.08 bits per heavy atom. The van der Waals surface area contributed by atoms with E-state index in [-0.39, 0.29) is 11.8 Å². The molecular weight excluding hydrogens is 298 g/mol. The van der Waals surface area contributed by atoms with Gasteiger partial charge in [0, 0.05) is 19.6 Å². The van der Waals surface area contributed by atoms with Crippen LogP contribution in [0.15, 0.2) is 30.3 Å². The van der Waals surface area contributed by atoms with E-state index in [9.17, 15) is 4.79 Å². The molecule has 2 unspecified atom stereocenters. The number of carbonyl (C=O) groups excluding carboxylic acids is 1. The van der Waals surface area contributed by atoms with Crippen LogP contribution >= 0.6 is 0 Å². The standard InChI is InChI=1S/C20H31N3O/c24-20(22-12-10-17-8-4-11-21-14-17)19-9-5-13-23(16-19)15-18-6-2-1-3-7-18/h1-3,6-7,17,19,21H,4-5,8-16H2,(H,22,24). The summed E-state index contributed by atoms with van der Waals surface area (Å²) in [6, 6.07) is 10.6. The average molecular weight is 329 g/mol. The van der Waals surface area contributed by atoms with Crippen LogP contribution in [0.3, 0.4) is 0 Å². The molecule has 2 aliphatic heterocycles. The fraction of sp³-hybridized carbons (Fsp3) is 0.650. The highest BCUT2D eigenvalue weighted by Gasteiger charge is 2.25. The first-order valence-corrected chi connectivity index (χ1v) is 9.56. The molecule has 2 saturated heterocycles. The number of amides is 1. The second-order valence-electron chi connectivity index (χ2n) is 7.35. The maximum Gasteiger partial charge on any atom is 0.224 e. The highest BCUT2D eigenvalue weighted by molar-refractivity contribution is 5.78. The molecule has 0 aromatic heterocycles. The van der Waals surface area contributed by atoms with Crippen molar-refractivity contribution in [1.29, 1.82) is 0 Å². The number of likely N-dealkylation sites (tertiary alicyclic amines) is 1. The largest absolute Gasteiger partial charge is 0.356 e. The predicted octanol–water partition coefficient (Wildman–Crippen LogP) is 2.40. The van der Waals surface area contributed by atoms with E-state index in [1.807, 2.05) is 0 Å². The van der Waals surface area contributed by atoms with Crippen LogP contribution in [0, 0.1) is 11.8 Å². The number of benzene rings is 1. The Bertz CT molecular complexity index is 499. The number of nitrogens with one attached hydrogen (secondary N) is 2. The molecule has 0 radical (unpaired) electrons. The van der Waals surface area contributed by atoms with Crippen molar-refractivity contribution in [2.24, 2.45) is 11.8 Å². The van der Waals surface area contributed by atoms with Crippen molar-refractivity contribution in [1.82, 2.24) is 15.5 Å². The summed E-state index contributed by atoms with van der Waals surface area (Å²) < 4.78 is 0. The third kappa shape index (κ3) is 5.32. The molecule has 2 fully saturated rings. The third-order valence-corrected chi connectivity index (χ3v) is 5.38. The minimum atomic E-state index is 0.159. The molecule has 0 spiro atoms. The maximum atomic E-state index is 12.5. The SMILES string of the molecule is O=C(NCCC1CCCNC1)C1CCCN(Cc2ccccc2)C1. The zero-order valence-electron chi connectivity index (χ0n) is 14.7. The van der Waals surface area contributed by atoms with E-state index in [4.69, 9.17) is 0 Å². The van der Waals surface area contributed by atoms with Crippen LogP contribution in [0.1, 0.15) is 37.7 Å². The number of nitrogens with zero attached hydrogens (tertiary/aromatic N) is 1. The van der Waals surface area contributed by atoms with Crippen molar-refractivity contribution < 1.29 is 4.79 Å². The van der Waals surface area contributed by atoms with Crippen molar-refractivity contribution in [2.75, 3.05) is 32.7 Å². The van der Waals surface area contributed by atoms with Crippen molar-refractivity contribution in [3.8, 4) is 0 Å². The molecule has 0 aliphatic carbocycles. The zero-order valence-corrected chi connectivity index (χ0v) is 14.7. The fourth-order valence-electron chi connectivity index (χ4n) is 3.97. The van der Waals surface area contributed by atoms with Crippen LogP contribution in [-0.4, -0.2) is 43.5 Å². The number of hydrogen-bond acceptors (Lipinski definition) is 3. The van der Waals surface area contributed by atoms with Gasteiger partial charge >= 0.3 is 0 Å². The molecule has 2 atom stereocenters. The first-order valence-electron chi connectivity index (χ1n) is 9.56. The van der Waals surface area contributed by atoms with Gasteiger partial charge in [0.05, 0.1) is 5.92 Å². The van der Waals surface area contributed by atoms with E-state index < -0.39 is 0 Å². The van der Waals surface area contributed by atoms with Gasteiger partial charge in [-0.05, 0) is 63.2 Å². The lowest BCUT2D eigenvalue weighted by atomic mass is 9.95. The summed E-state index contributed by atoms with van der Waals surface area (Å²) in [5, 5.41) is 6.64. The number of rotatable bonds is 6. The normalized spacial score (nSPS) is 25.3. The molecule has 1 aromatic carbocycles. The Hall–Kier alpha value is -1.39. The molecule has 4 heteroatoms. The Labute approximate surface area is 146 Å². The number of carbonyl (C=O) groups is 1. The summed E-state index contributed by atoms with van der Waals surface area (Å²) >= 11 is 0. The monoisotopic (exact) mass is 329 g/mol. The highest BCUT2D eigenvalue weighted by Crippen LogP contribution is 2.19. The molecule has 1 aromatic rings. The molecule has 1 amide bonds. The fourth-order valence-corrected chi connectivity index (χ4v) is 3.97. The molecular formula is C20H31N3O. The van der Waals surface area contributed by atoms with Gasteiger partial charge in [-0.25, -0.2) is 0 Å². The van der Waals surface area contributed by atoms with E-state index in [0.717, 1.165) is 64.4 Å². The van der Waals surface area contributed by atoms with Crippen molar-refractivity contribution in [3.63, 3.8) is 0 Å². The van der Waals surface area contributed by atoms with Gasteiger partial charge in [0.1, 0.15) is 0 Å². The van der Waals surface area contributed by atoms with Gasteiger partial charge in [0.15, 0.2) is 0 Å². The lowest BCUT2D eigenvalue weighted by Gasteiger charge is -2.32. The smallest absolute Gasteiger partial charge is 0.224 e. The molecule has 2 N–H and O–H groups in total. The molecule has 2 heterocycles. The van der Waals surface area contributed by atoms with Crippen LogP contribution < -0.4 is 10.6 Å². The Morgan fingerprint density at radius 3 is 2.88 bits per heavy atom. The van der Waals surface area contributed by atoms with Crippen molar-refractivity contribution in [2.45, 2.75) is 38.6 Å². The van der Waals surface area contributed by atoms with Crippen LogP contribution in [0.25, 0.3) is 0 Å². The molecule has 0 saturated carbocycles. The molecule has 132 valence electrons. The zero-order chi connectivity index (χ0) is 16.6. The summed E-state index contributed by atoms with van der Waals surface area (Å²) in [5.41, 5.74) is 1.34. The predicted molar refractivity (Wildman–Crippen MR) is 97.7 cm³/mol. The summed E-state index contributed by atoms with van der Waals surface area (Å²) in [6.45, 7) is 6.06. The molecule has 2 aliphatic rings. The van der Waals surface area contributed by atoms with Crippen LogP contribution in [0.2, 0.25) is 0 Å². The Kier molecular flexibility index (Phi) is 6.67. The van der Waals surface area contributed by atoms with Crippen LogP contribution in [-0.2, 0) is 11.3 Å². The van der Waals surface area contributed by atoms with E-state index in [1.165, 1.54) is 18.4 Å². The van der Waals surface area contributed by atoms with Crippen molar-refractivity contribution in [3.05, 3.63) is 35.9 Å². The number of hydrogen-bond donors (Lipinski definition) is 2. The summed E-state index contributed by atoms with van der Waals surface area (Å²) in [6.07, 6.45) is 5.84. The second kappa shape index (κ2) is 9.19. The molecule has 24 heavy (non-hydrogen) atoms. The topological polar surface area (TPSA) is 44.4 Å². The van der Waals surface area contributed by atoms with Gasteiger partial charge in [-0.3, -0.25) is 9.69 Å². The number of piperidine rings is 2. The minimum Gasteiger partial charge on any atom is -0.356 e. The van der Waals surface area contributed by atoms with Gasteiger partial charge in [-0.1, -0.05) is 30.3 Å². The molecule has 4 nitrogen and oxygen atoms in total. The molecule has 0 bridgehead atoms. The van der Waals surface area contributed by atoms with Gasteiger partial charge in [-0.15, -0.1) is 0 Å². The van der Waals surface area contributed by atoms with Gasteiger partial charge in [-0.2, -0.15) is 0 Å². The third-order valence-electron chi connectivity index (χ3n) is 5.38. The van der Waals surface area contributed by atoms with Gasteiger partial charge in [0.25, 0.3) is 0 Å². The second-order valence-corrected chi connectivity index (χ2v) is 7.35.